The van der Waals surface area contributed by atoms with E-state index >= 15 is 0 Å². The smallest absolute Gasteiger partial charge is 0.339 e. The number of aryl methyl sites for hydroxylation is 1. The monoisotopic (exact) mass is 402 g/mol. The maximum Gasteiger partial charge on any atom is 0.339 e. The first-order valence-corrected chi connectivity index (χ1v) is 9.57. The van der Waals surface area contributed by atoms with Gasteiger partial charge in [-0.1, -0.05) is 48.0 Å². The molecule has 0 spiro atoms. The van der Waals surface area contributed by atoms with Gasteiger partial charge in [0.2, 0.25) is 5.91 Å². The van der Waals surface area contributed by atoms with Crippen molar-refractivity contribution in [3.8, 4) is 0 Å². The van der Waals surface area contributed by atoms with Gasteiger partial charge in [0.1, 0.15) is 0 Å². The number of carbonyl (C=O) groups is 2. The van der Waals surface area contributed by atoms with Gasteiger partial charge in [-0.2, -0.15) is 0 Å². The van der Waals surface area contributed by atoms with Crippen LogP contribution in [0, 0.1) is 6.92 Å². The van der Waals surface area contributed by atoms with Crippen LogP contribution in [-0.4, -0.2) is 28.7 Å². The Labute approximate surface area is 173 Å². The van der Waals surface area contributed by atoms with E-state index in [2.05, 4.69) is 10.6 Å². The number of methoxy groups -OCH3 is 1. The number of aromatic nitrogens is 1. The summed E-state index contributed by atoms with van der Waals surface area (Å²) in [6.07, 6.45) is -1.47. The van der Waals surface area contributed by atoms with E-state index in [0.29, 0.717) is 28.4 Å². The molecule has 6 nitrogen and oxygen atoms in total. The fourth-order valence-corrected chi connectivity index (χ4v) is 4.05. The van der Waals surface area contributed by atoms with Gasteiger partial charge < -0.3 is 20.1 Å². The zero-order valence-corrected chi connectivity index (χ0v) is 16.8. The second-order valence-corrected chi connectivity index (χ2v) is 7.31. The molecule has 0 radical (unpaired) electrons. The molecule has 0 aliphatic rings. The summed E-state index contributed by atoms with van der Waals surface area (Å²) in [5.41, 5.74) is 10.2. The molecular formula is C24H22N2O4. The zero-order chi connectivity index (χ0) is 21.4. The summed E-state index contributed by atoms with van der Waals surface area (Å²) >= 11 is 0. The van der Waals surface area contributed by atoms with Gasteiger partial charge in [-0.25, -0.2) is 4.79 Å². The molecule has 30 heavy (non-hydrogen) atoms. The number of nitrogens with zero attached hydrogens (tertiary/aromatic N) is 1. The van der Waals surface area contributed by atoms with Gasteiger partial charge in [0.05, 0.1) is 12.6 Å². The molecule has 1 unspecified atom stereocenters. The van der Waals surface area contributed by atoms with E-state index in [9.17, 15) is 14.7 Å². The molecule has 0 saturated heterocycles. The number of hydrogen-bond donors (Lipinski definition) is 2. The Balaban J connectivity index is 2.08. The molecule has 0 aliphatic heterocycles. The van der Waals surface area contributed by atoms with Crippen LogP contribution in [0.3, 0.4) is 0 Å². The van der Waals surface area contributed by atoms with Gasteiger partial charge in [0.25, 0.3) is 0 Å². The van der Waals surface area contributed by atoms with Crippen LogP contribution < -0.4 is 5.73 Å². The van der Waals surface area contributed by atoms with E-state index in [4.69, 9.17) is 10.5 Å². The van der Waals surface area contributed by atoms with Crippen LogP contribution in [0.4, 0.5) is 0 Å². The summed E-state index contributed by atoms with van der Waals surface area (Å²) in [5, 5.41) is 11.8. The molecule has 4 rings (SSSR count). The van der Waals surface area contributed by atoms with Crippen molar-refractivity contribution in [1.29, 1.82) is 0 Å². The first kappa shape index (κ1) is 19.7. The molecule has 0 aliphatic carbocycles. The third-order valence-corrected chi connectivity index (χ3v) is 5.36. The van der Waals surface area contributed by atoms with E-state index in [-0.39, 0.29) is 0 Å². The Morgan fingerprint density at radius 3 is 2.37 bits per heavy atom. The highest BCUT2D eigenvalue weighted by molar-refractivity contribution is 6.19. The number of nitrogens with two attached hydrogens (primary N) is 1. The standard InChI is InChI=1S/C24H22N2O4/c1-14-6-3-7-15(12-14)13-26-18-10-4-8-16(22(27)24(29)30-2)20(18)21-17(23(25)28)9-5-11-19(21)26/h3-12,22,27H,13H2,1-2H3,(H2,25,28). The van der Waals surface area contributed by atoms with Gasteiger partial charge >= 0.3 is 5.97 Å². The molecule has 3 N–H and O–H groups in total. The van der Waals surface area contributed by atoms with Crippen LogP contribution in [-0.2, 0) is 16.1 Å². The summed E-state index contributed by atoms with van der Waals surface area (Å²) in [5.74, 6) is -1.34. The van der Waals surface area contributed by atoms with Crippen molar-refractivity contribution < 1.29 is 19.4 Å². The zero-order valence-electron chi connectivity index (χ0n) is 16.8. The number of fused-ring (bicyclic) bond motifs is 3. The van der Waals surface area contributed by atoms with Crippen molar-refractivity contribution in [1.82, 2.24) is 4.57 Å². The fraction of sp³-hybridized carbons (Fsp3) is 0.167. The maximum atomic E-state index is 12.2. The maximum absolute atomic E-state index is 12.2. The summed E-state index contributed by atoms with van der Waals surface area (Å²) in [6.45, 7) is 2.59. The van der Waals surface area contributed by atoms with Gasteiger partial charge in [-0.15, -0.1) is 0 Å². The van der Waals surface area contributed by atoms with Crippen LogP contribution in [0.25, 0.3) is 21.8 Å². The van der Waals surface area contributed by atoms with E-state index in [1.807, 2.05) is 37.3 Å². The number of aliphatic hydroxyl groups is 1. The summed E-state index contributed by atoms with van der Waals surface area (Å²) in [6, 6.07) is 18.9. The molecular weight excluding hydrogens is 380 g/mol. The van der Waals surface area contributed by atoms with Gasteiger partial charge in [-0.05, 0) is 30.7 Å². The number of esters is 1. The fourth-order valence-electron chi connectivity index (χ4n) is 4.05. The second-order valence-electron chi connectivity index (χ2n) is 7.31. The topological polar surface area (TPSA) is 94.6 Å². The minimum atomic E-state index is -1.47. The molecule has 0 fully saturated rings. The van der Waals surface area contributed by atoms with Crippen LogP contribution in [0.15, 0.2) is 60.7 Å². The lowest BCUT2D eigenvalue weighted by Gasteiger charge is -2.12. The molecule has 1 heterocycles. The molecule has 6 heteroatoms. The van der Waals surface area contributed by atoms with Gasteiger partial charge in [-0.3, -0.25) is 4.79 Å². The average Bonchev–Trinajstić information content (AvgIpc) is 3.06. The SMILES string of the molecule is COC(=O)C(O)c1cccc2c1c1c(C(N)=O)cccc1n2Cc1cccc(C)c1. The number of aliphatic hydroxyl groups excluding tert-OH is 1. The van der Waals surface area contributed by atoms with Crippen molar-refractivity contribution in [2.24, 2.45) is 5.73 Å². The highest BCUT2D eigenvalue weighted by Crippen LogP contribution is 2.37. The van der Waals surface area contributed by atoms with Crippen LogP contribution in [0.1, 0.15) is 33.2 Å². The number of rotatable bonds is 5. The Morgan fingerprint density at radius 2 is 1.70 bits per heavy atom. The molecule has 152 valence electrons. The van der Waals surface area contributed by atoms with Crippen LogP contribution in [0.2, 0.25) is 0 Å². The van der Waals surface area contributed by atoms with E-state index in [1.165, 1.54) is 7.11 Å². The number of hydrogen-bond acceptors (Lipinski definition) is 4. The first-order valence-electron chi connectivity index (χ1n) is 9.57. The number of amides is 1. The third kappa shape index (κ3) is 3.21. The Kier molecular flexibility index (Phi) is 5.01. The van der Waals surface area contributed by atoms with E-state index < -0.39 is 18.0 Å². The van der Waals surface area contributed by atoms with Crippen molar-refractivity contribution in [3.05, 3.63) is 82.9 Å². The van der Waals surface area contributed by atoms with E-state index in [1.54, 1.807) is 24.3 Å². The largest absolute Gasteiger partial charge is 0.467 e. The Morgan fingerprint density at radius 1 is 1.03 bits per heavy atom. The van der Waals surface area contributed by atoms with Crippen molar-refractivity contribution in [2.75, 3.05) is 7.11 Å². The highest BCUT2D eigenvalue weighted by Gasteiger charge is 2.25. The predicted octanol–water partition coefficient (Wildman–Crippen LogP) is 3.46. The number of benzene rings is 3. The van der Waals surface area contributed by atoms with E-state index in [0.717, 1.165) is 22.2 Å². The molecule has 1 amide bonds. The van der Waals surface area contributed by atoms with Crippen molar-refractivity contribution >= 4 is 33.7 Å². The first-order chi connectivity index (χ1) is 14.4. The van der Waals surface area contributed by atoms with Crippen molar-refractivity contribution in [3.63, 3.8) is 0 Å². The molecule has 3 aromatic carbocycles. The Hall–Kier alpha value is -3.64. The number of primary amides is 1. The summed E-state index contributed by atoms with van der Waals surface area (Å²) in [7, 11) is 1.22. The molecule has 4 aromatic rings. The second kappa shape index (κ2) is 7.65. The quantitative estimate of drug-likeness (QED) is 0.500. The summed E-state index contributed by atoms with van der Waals surface area (Å²) < 4.78 is 6.80. The Bertz CT molecular complexity index is 1290. The molecule has 1 atom stereocenters. The lowest BCUT2D eigenvalue weighted by Crippen LogP contribution is -2.14. The molecule has 0 bridgehead atoms. The highest BCUT2D eigenvalue weighted by atomic mass is 16.5. The minimum absolute atomic E-state index is 0.338. The lowest BCUT2D eigenvalue weighted by molar-refractivity contribution is -0.150. The summed E-state index contributed by atoms with van der Waals surface area (Å²) in [4.78, 5) is 24.3. The predicted molar refractivity (Wildman–Crippen MR) is 115 cm³/mol. The van der Waals surface area contributed by atoms with Gasteiger partial charge in [0.15, 0.2) is 6.10 Å². The third-order valence-electron chi connectivity index (χ3n) is 5.36. The van der Waals surface area contributed by atoms with Crippen LogP contribution in [0.5, 0.6) is 0 Å². The minimum Gasteiger partial charge on any atom is -0.467 e. The van der Waals surface area contributed by atoms with Gasteiger partial charge in [0, 0.05) is 34.0 Å². The van der Waals surface area contributed by atoms with Crippen LogP contribution >= 0.6 is 0 Å². The molecule has 1 aromatic heterocycles. The number of ether oxygens (including phenoxy) is 1. The normalized spacial score (nSPS) is 12.2. The average molecular weight is 402 g/mol. The lowest BCUT2D eigenvalue weighted by atomic mass is 9.99. The van der Waals surface area contributed by atoms with Crippen molar-refractivity contribution in [2.45, 2.75) is 19.6 Å². The molecule has 0 saturated carbocycles. The number of carbonyl (C=O) groups excluding carboxylic acids is 2.